The Balaban J connectivity index is 2.37. The maximum atomic E-state index is 11.8. The first-order valence-corrected chi connectivity index (χ1v) is 7.01. The number of carbonyl (C=O) groups is 1. The second-order valence-corrected chi connectivity index (χ2v) is 5.82. The Bertz CT molecular complexity index is 315. The van der Waals surface area contributed by atoms with Gasteiger partial charge in [0.15, 0.2) is 0 Å². The van der Waals surface area contributed by atoms with E-state index in [0.717, 1.165) is 26.1 Å². The Hall–Kier alpha value is -0.910. The number of carbonyl (C=O) groups excluding carboxylic acids is 1. The van der Waals surface area contributed by atoms with Crippen LogP contribution < -0.4 is 11.1 Å². The topological polar surface area (TPSA) is 61.6 Å². The highest BCUT2D eigenvalue weighted by Crippen LogP contribution is 2.12. The molecule has 0 radical (unpaired) electrons. The molecule has 0 aromatic heterocycles. The minimum absolute atomic E-state index is 0.0161. The summed E-state index contributed by atoms with van der Waals surface area (Å²) in [4.78, 5) is 16.1. The second kappa shape index (κ2) is 7.62. The molecule has 1 aliphatic rings. The summed E-state index contributed by atoms with van der Waals surface area (Å²) in [7, 11) is 3.94. The van der Waals surface area contributed by atoms with Crippen LogP contribution in [0, 0.1) is 0 Å². The van der Waals surface area contributed by atoms with Gasteiger partial charge >= 0.3 is 0 Å². The van der Waals surface area contributed by atoms with E-state index in [0.29, 0.717) is 6.04 Å². The number of likely N-dealkylation sites (N-methyl/N-ethyl adjacent to an activating group) is 1. The van der Waals surface area contributed by atoms with Crippen molar-refractivity contribution in [2.45, 2.75) is 38.4 Å². The van der Waals surface area contributed by atoms with Crippen LogP contribution in [-0.2, 0) is 4.79 Å². The molecule has 1 fully saturated rings. The summed E-state index contributed by atoms with van der Waals surface area (Å²) in [5.41, 5.74) is 6.14. The Morgan fingerprint density at radius 3 is 2.74 bits per heavy atom. The third kappa shape index (κ3) is 5.72. The normalized spacial score (nSPS) is 25.4. The molecule has 1 aliphatic heterocycles. The lowest BCUT2D eigenvalue weighted by atomic mass is 9.99. The number of piperidine rings is 1. The van der Waals surface area contributed by atoms with Crippen molar-refractivity contribution in [3.63, 3.8) is 0 Å². The third-order valence-corrected chi connectivity index (χ3v) is 3.49. The Morgan fingerprint density at radius 1 is 1.53 bits per heavy atom. The standard InChI is InChI=1S/C14H28N4O/c1-11(2)18-9-7-13(12(15)10-18)16-14(19)6-5-8-17(3)4/h5-6,11-13H,7-10,15H2,1-4H3,(H,16,19)/b6-5+/t12-,13+/m1/s1. The third-order valence-electron chi connectivity index (χ3n) is 3.49. The molecule has 19 heavy (non-hydrogen) atoms. The molecule has 110 valence electrons. The van der Waals surface area contributed by atoms with E-state index in [1.165, 1.54) is 0 Å². The van der Waals surface area contributed by atoms with Crippen LogP contribution in [0.2, 0.25) is 0 Å². The first-order chi connectivity index (χ1) is 8.90. The number of rotatable bonds is 5. The minimum atomic E-state index is -0.0414. The summed E-state index contributed by atoms with van der Waals surface area (Å²) >= 11 is 0. The van der Waals surface area contributed by atoms with Gasteiger partial charge in [-0.3, -0.25) is 9.69 Å². The Labute approximate surface area is 116 Å². The van der Waals surface area contributed by atoms with Gasteiger partial charge in [0.25, 0.3) is 0 Å². The molecule has 0 unspecified atom stereocenters. The number of nitrogens with two attached hydrogens (primary N) is 1. The molecule has 0 aliphatic carbocycles. The maximum Gasteiger partial charge on any atom is 0.243 e. The van der Waals surface area contributed by atoms with Gasteiger partial charge in [-0.05, 0) is 34.4 Å². The van der Waals surface area contributed by atoms with Gasteiger partial charge in [-0.15, -0.1) is 0 Å². The van der Waals surface area contributed by atoms with Crippen LogP contribution in [0.1, 0.15) is 20.3 Å². The van der Waals surface area contributed by atoms with Gasteiger partial charge in [0.05, 0.1) is 0 Å². The van der Waals surface area contributed by atoms with E-state index in [4.69, 9.17) is 5.73 Å². The Kier molecular flexibility index (Phi) is 6.48. The van der Waals surface area contributed by atoms with Gasteiger partial charge < -0.3 is 16.0 Å². The van der Waals surface area contributed by atoms with Crippen LogP contribution in [0.5, 0.6) is 0 Å². The first kappa shape index (κ1) is 16.1. The van der Waals surface area contributed by atoms with Crippen LogP contribution in [0.15, 0.2) is 12.2 Å². The SMILES string of the molecule is CC(C)N1CC[C@H](NC(=O)/C=C/CN(C)C)[C@H](N)C1. The lowest BCUT2D eigenvalue weighted by Crippen LogP contribution is -2.58. The van der Waals surface area contributed by atoms with Gasteiger partial charge in [0.1, 0.15) is 0 Å². The van der Waals surface area contributed by atoms with E-state index >= 15 is 0 Å². The van der Waals surface area contributed by atoms with Crippen LogP contribution in [-0.4, -0.2) is 67.6 Å². The minimum Gasteiger partial charge on any atom is -0.348 e. The highest BCUT2D eigenvalue weighted by molar-refractivity contribution is 5.87. The largest absolute Gasteiger partial charge is 0.348 e. The maximum absolute atomic E-state index is 11.8. The highest BCUT2D eigenvalue weighted by Gasteiger charge is 2.28. The first-order valence-electron chi connectivity index (χ1n) is 7.01. The van der Waals surface area contributed by atoms with Gasteiger partial charge in [0.2, 0.25) is 5.91 Å². The van der Waals surface area contributed by atoms with Crippen molar-refractivity contribution >= 4 is 5.91 Å². The molecular formula is C14H28N4O. The number of nitrogens with one attached hydrogen (secondary N) is 1. The van der Waals surface area contributed by atoms with E-state index in [9.17, 15) is 4.79 Å². The zero-order chi connectivity index (χ0) is 14.4. The molecule has 0 saturated carbocycles. The smallest absolute Gasteiger partial charge is 0.243 e. The van der Waals surface area contributed by atoms with E-state index in [1.54, 1.807) is 6.08 Å². The predicted octanol–water partition coefficient (Wildman–Crippen LogP) is 0.0304. The van der Waals surface area contributed by atoms with Crippen molar-refractivity contribution in [1.29, 1.82) is 0 Å². The molecule has 1 amide bonds. The molecular weight excluding hydrogens is 240 g/mol. The lowest BCUT2D eigenvalue weighted by Gasteiger charge is -2.38. The van der Waals surface area contributed by atoms with Crippen LogP contribution >= 0.6 is 0 Å². The molecule has 1 rings (SSSR count). The molecule has 0 bridgehead atoms. The molecule has 3 N–H and O–H groups in total. The quantitative estimate of drug-likeness (QED) is 0.691. The average molecular weight is 268 g/mol. The molecule has 5 nitrogen and oxygen atoms in total. The highest BCUT2D eigenvalue weighted by atomic mass is 16.1. The summed E-state index contributed by atoms with van der Waals surface area (Å²) in [6.07, 6.45) is 4.39. The fourth-order valence-electron chi connectivity index (χ4n) is 2.26. The monoisotopic (exact) mass is 268 g/mol. The molecule has 2 atom stereocenters. The predicted molar refractivity (Wildman–Crippen MR) is 78.9 cm³/mol. The van der Waals surface area contributed by atoms with Crippen molar-refractivity contribution in [1.82, 2.24) is 15.1 Å². The van der Waals surface area contributed by atoms with Gasteiger partial charge in [-0.1, -0.05) is 6.08 Å². The second-order valence-electron chi connectivity index (χ2n) is 5.82. The van der Waals surface area contributed by atoms with E-state index in [-0.39, 0.29) is 18.0 Å². The summed E-state index contributed by atoms with van der Waals surface area (Å²) in [6, 6.07) is 0.622. The molecule has 0 aromatic rings. The Morgan fingerprint density at radius 2 is 2.21 bits per heavy atom. The van der Waals surface area contributed by atoms with Crippen LogP contribution in [0.3, 0.4) is 0 Å². The van der Waals surface area contributed by atoms with Gasteiger partial charge in [-0.2, -0.15) is 0 Å². The van der Waals surface area contributed by atoms with E-state index in [1.807, 2.05) is 25.1 Å². The fourth-order valence-corrected chi connectivity index (χ4v) is 2.26. The van der Waals surface area contributed by atoms with Gasteiger partial charge in [0, 0.05) is 43.8 Å². The van der Waals surface area contributed by atoms with Gasteiger partial charge in [-0.25, -0.2) is 0 Å². The number of nitrogens with zero attached hydrogens (tertiary/aromatic N) is 2. The zero-order valence-corrected chi connectivity index (χ0v) is 12.6. The summed E-state index contributed by atoms with van der Waals surface area (Å²) in [5, 5.41) is 3.01. The van der Waals surface area contributed by atoms with Crippen molar-refractivity contribution in [3.8, 4) is 0 Å². The number of amides is 1. The van der Waals surface area contributed by atoms with Crippen LogP contribution in [0.4, 0.5) is 0 Å². The average Bonchev–Trinajstić information content (AvgIpc) is 2.31. The van der Waals surface area contributed by atoms with E-state index in [2.05, 4.69) is 24.1 Å². The molecule has 5 heteroatoms. The molecule has 0 aromatic carbocycles. The van der Waals surface area contributed by atoms with E-state index < -0.39 is 0 Å². The molecule has 1 saturated heterocycles. The summed E-state index contributed by atoms with van der Waals surface area (Å²) in [5.74, 6) is -0.0414. The van der Waals surface area contributed by atoms with Crippen molar-refractivity contribution in [3.05, 3.63) is 12.2 Å². The van der Waals surface area contributed by atoms with Crippen molar-refractivity contribution in [2.75, 3.05) is 33.7 Å². The number of hydrogen-bond donors (Lipinski definition) is 2. The lowest BCUT2D eigenvalue weighted by molar-refractivity contribution is -0.117. The van der Waals surface area contributed by atoms with Crippen LogP contribution in [0.25, 0.3) is 0 Å². The summed E-state index contributed by atoms with van der Waals surface area (Å²) in [6.45, 7) is 6.97. The summed E-state index contributed by atoms with van der Waals surface area (Å²) < 4.78 is 0. The number of hydrogen-bond acceptors (Lipinski definition) is 4. The molecule has 1 heterocycles. The van der Waals surface area contributed by atoms with Crippen molar-refractivity contribution < 1.29 is 4.79 Å². The molecule has 0 spiro atoms. The van der Waals surface area contributed by atoms with Crippen molar-refractivity contribution in [2.24, 2.45) is 5.73 Å². The zero-order valence-electron chi connectivity index (χ0n) is 12.6. The number of likely N-dealkylation sites (tertiary alicyclic amines) is 1. The fraction of sp³-hybridized carbons (Fsp3) is 0.786.